The van der Waals surface area contributed by atoms with Gasteiger partial charge in [0.1, 0.15) is 0 Å². The highest BCUT2D eigenvalue weighted by atomic mass is 16.1. The highest BCUT2D eigenvalue weighted by molar-refractivity contribution is 5.96. The third kappa shape index (κ3) is 2.27. The van der Waals surface area contributed by atoms with E-state index in [4.69, 9.17) is 0 Å². The van der Waals surface area contributed by atoms with Crippen molar-refractivity contribution in [2.45, 2.75) is 32.1 Å². The average molecular weight is 305 g/mol. The summed E-state index contributed by atoms with van der Waals surface area (Å²) in [6.07, 6.45) is 6.61. The molecule has 0 saturated heterocycles. The van der Waals surface area contributed by atoms with Crippen LogP contribution in [0.5, 0.6) is 0 Å². The number of carbonyl (C=O) groups is 1. The Balaban J connectivity index is 1.38. The summed E-state index contributed by atoms with van der Waals surface area (Å²) in [5.41, 5.74) is 0.947. The molecular formula is C21H23NO. The molecule has 0 spiro atoms. The fraction of sp³-hybridized carbons (Fsp3) is 0.476. The van der Waals surface area contributed by atoms with Gasteiger partial charge in [-0.3, -0.25) is 4.79 Å². The van der Waals surface area contributed by atoms with Crippen molar-refractivity contribution in [3.63, 3.8) is 0 Å². The molecule has 6 rings (SSSR count). The summed E-state index contributed by atoms with van der Waals surface area (Å²) in [6, 6.07) is 14.6. The predicted octanol–water partition coefficient (Wildman–Crippen LogP) is 4.85. The molecule has 4 aliphatic carbocycles. The maximum atomic E-state index is 12.9. The first-order chi connectivity index (χ1) is 11.3. The van der Waals surface area contributed by atoms with Crippen LogP contribution < -0.4 is 5.32 Å². The van der Waals surface area contributed by atoms with Crippen molar-refractivity contribution in [1.82, 2.24) is 0 Å². The Morgan fingerprint density at radius 2 is 1.48 bits per heavy atom. The van der Waals surface area contributed by atoms with Crippen molar-refractivity contribution in [3.05, 3.63) is 42.5 Å². The molecule has 0 aromatic heterocycles. The largest absolute Gasteiger partial charge is 0.326 e. The van der Waals surface area contributed by atoms with E-state index < -0.39 is 0 Å². The summed E-state index contributed by atoms with van der Waals surface area (Å²) in [5.74, 6) is 3.66. The zero-order chi connectivity index (χ0) is 15.4. The number of benzene rings is 2. The number of hydrogen-bond donors (Lipinski definition) is 1. The SMILES string of the molecule is O=C(Nc1ccc2ccccc2c1)C1C2CC3CC(C2)CC1C3. The lowest BCUT2D eigenvalue weighted by molar-refractivity contribution is -0.132. The van der Waals surface area contributed by atoms with Crippen LogP contribution in [0.1, 0.15) is 32.1 Å². The number of hydrogen-bond acceptors (Lipinski definition) is 1. The summed E-state index contributed by atoms with van der Waals surface area (Å²) in [4.78, 5) is 12.9. The lowest BCUT2D eigenvalue weighted by Gasteiger charge is -2.53. The third-order valence-corrected chi connectivity index (χ3v) is 6.55. The minimum absolute atomic E-state index is 0.259. The topological polar surface area (TPSA) is 29.1 Å². The maximum absolute atomic E-state index is 12.9. The zero-order valence-electron chi connectivity index (χ0n) is 13.4. The van der Waals surface area contributed by atoms with Gasteiger partial charge in [0.2, 0.25) is 5.91 Å². The van der Waals surface area contributed by atoms with Gasteiger partial charge in [-0.1, -0.05) is 30.3 Å². The van der Waals surface area contributed by atoms with Gasteiger partial charge in [0.25, 0.3) is 0 Å². The Bertz CT molecular complexity index is 737. The lowest BCUT2D eigenvalue weighted by Crippen LogP contribution is -2.49. The average Bonchev–Trinajstić information content (AvgIpc) is 2.53. The molecule has 4 bridgehead atoms. The van der Waals surface area contributed by atoms with E-state index in [9.17, 15) is 4.79 Å². The molecule has 2 aromatic carbocycles. The second-order valence-electron chi connectivity index (χ2n) is 8.01. The molecule has 2 nitrogen and oxygen atoms in total. The number of nitrogens with one attached hydrogen (secondary N) is 1. The van der Waals surface area contributed by atoms with Crippen LogP contribution in [0, 0.1) is 29.6 Å². The van der Waals surface area contributed by atoms with Crippen LogP contribution in [0.25, 0.3) is 10.8 Å². The Kier molecular flexibility index (Phi) is 3.01. The fourth-order valence-electron chi connectivity index (χ4n) is 5.85. The van der Waals surface area contributed by atoms with Gasteiger partial charge in [-0.2, -0.15) is 0 Å². The zero-order valence-corrected chi connectivity index (χ0v) is 13.4. The van der Waals surface area contributed by atoms with Crippen LogP contribution in [0.4, 0.5) is 5.69 Å². The summed E-state index contributed by atoms with van der Waals surface area (Å²) in [7, 11) is 0. The molecule has 1 amide bonds. The molecule has 23 heavy (non-hydrogen) atoms. The quantitative estimate of drug-likeness (QED) is 0.844. The number of rotatable bonds is 2. The highest BCUT2D eigenvalue weighted by Gasteiger charge is 2.50. The molecule has 0 aliphatic heterocycles. The minimum atomic E-state index is 0.259. The third-order valence-electron chi connectivity index (χ3n) is 6.55. The van der Waals surface area contributed by atoms with E-state index in [2.05, 4.69) is 35.6 Å². The molecule has 118 valence electrons. The van der Waals surface area contributed by atoms with Gasteiger partial charge >= 0.3 is 0 Å². The Morgan fingerprint density at radius 1 is 0.826 bits per heavy atom. The van der Waals surface area contributed by atoms with Crippen LogP contribution >= 0.6 is 0 Å². The molecule has 0 unspecified atom stereocenters. The Morgan fingerprint density at radius 3 is 2.17 bits per heavy atom. The van der Waals surface area contributed by atoms with E-state index in [1.807, 2.05) is 12.1 Å². The van der Waals surface area contributed by atoms with E-state index in [0.29, 0.717) is 11.8 Å². The van der Waals surface area contributed by atoms with E-state index >= 15 is 0 Å². The van der Waals surface area contributed by atoms with Crippen molar-refractivity contribution in [1.29, 1.82) is 0 Å². The monoisotopic (exact) mass is 305 g/mol. The fourth-order valence-corrected chi connectivity index (χ4v) is 5.85. The lowest BCUT2D eigenvalue weighted by atomic mass is 9.51. The van der Waals surface area contributed by atoms with E-state index in [1.54, 1.807) is 0 Å². The Labute approximate surface area is 137 Å². The number of carbonyl (C=O) groups excluding carboxylic acids is 1. The maximum Gasteiger partial charge on any atom is 0.228 e. The van der Waals surface area contributed by atoms with E-state index in [1.165, 1.54) is 42.9 Å². The number of amides is 1. The summed E-state index contributed by atoms with van der Waals surface area (Å²) in [5, 5.41) is 5.64. The first-order valence-corrected chi connectivity index (χ1v) is 9.06. The molecule has 4 aliphatic rings. The van der Waals surface area contributed by atoms with Crippen molar-refractivity contribution in [2.75, 3.05) is 5.32 Å². The predicted molar refractivity (Wildman–Crippen MR) is 93.1 cm³/mol. The molecule has 4 saturated carbocycles. The van der Waals surface area contributed by atoms with Crippen molar-refractivity contribution in [2.24, 2.45) is 29.6 Å². The molecule has 0 heterocycles. The van der Waals surface area contributed by atoms with Gasteiger partial charge in [-0.15, -0.1) is 0 Å². The van der Waals surface area contributed by atoms with Crippen LogP contribution in [0.3, 0.4) is 0 Å². The van der Waals surface area contributed by atoms with Crippen LogP contribution in [-0.4, -0.2) is 5.91 Å². The number of anilines is 1. The molecular weight excluding hydrogens is 282 g/mol. The van der Waals surface area contributed by atoms with E-state index in [-0.39, 0.29) is 11.8 Å². The van der Waals surface area contributed by atoms with Gasteiger partial charge in [0.15, 0.2) is 0 Å². The summed E-state index contributed by atoms with van der Waals surface area (Å²) >= 11 is 0. The van der Waals surface area contributed by atoms with E-state index in [0.717, 1.165) is 17.5 Å². The van der Waals surface area contributed by atoms with Crippen LogP contribution in [-0.2, 0) is 4.79 Å². The van der Waals surface area contributed by atoms with Crippen molar-refractivity contribution >= 4 is 22.4 Å². The van der Waals surface area contributed by atoms with Gasteiger partial charge in [-0.05, 0) is 78.7 Å². The molecule has 0 atom stereocenters. The Hall–Kier alpha value is -1.83. The smallest absolute Gasteiger partial charge is 0.228 e. The van der Waals surface area contributed by atoms with Gasteiger partial charge < -0.3 is 5.32 Å². The van der Waals surface area contributed by atoms with Crippen LogP contribution in [0.2, 0.25) is 0 Å². The molecule has 2 aromatic rings. The van der Waals surface area contributed by atoms with Gasteiger partial charge in [0.05, 0.1) is 0 Å². The molecule has 4 fully saturated rings. The first kappa shape index (κ1) is 13.6. The first-order valence-electron chi connectivity index (χ1n) is 9.06. The molecule has 1 N–H and O–H groups in total. The summed E-state index contributed by atoms with van der Waals surface area (Å²) < 4.78 is 0. The van der Waals surface area contributed by atoms with Gasteiger partial charge in [-0.25, -0.2) is 0 Å². The second-order valence-corrected chi connectivity index (χ2v) is 8.01. The summed E-state index contributed by atoms with van der Waals surface area (Å²) in [6.45, 7) is 0. The second kappa shape index (κ2) is 5.09. The van der Waals surface area contributed by atoms with Crippen molar-refractivity contribution in [3.8, 4) is 0 Å². The highest BCUT2D eigenvalue weighted by Crippen LogP contribution is 2.56. The number of fused-ring (bicyclic) bond motifs is 1. The normalized spacial score (nSPS) is 34.7. The standard InChI is InChI=1S/C21H23NO/c23-21(20-17-8-13-7-14(10-17)11-18(20)9-13)22-19-6-5-15-3-1-2-4-16(15)12-19/h1-6,12-14,17-18,20H,7-11H2,(H,22,23). The van der Waals surface area contributed by atoms with Gasteiger partial charge in [0, 0.05) is 11.6 Å². The molecule has 2 heteroatoms. The van der Waals surface area contributed by atoms with Crippen molar-refractivity contribution < 1.29 is 4.79 Å². The minimum Gasteiger partial charge on any atom is -0.326 e. The molecule has 0 radical (unpaired) electrons. The van der Waals surface area contributed by atoms with Crippen LogP contribution in [0.15, 0.2) is 42.5 Å².